The van der Waals surface area contributed by atoms with E-state index < -0.39 is 11.5 Å². The SMILES string of the molecule is COc1cccc(-c2ccc(C3C(=O)OC4(CCCCC4)C3=O)c(C)c2)c1. The van der Waals surface area contributed by atoms with E-state index in [0.717, 1.165) is 47.3 Å². The van der Waals surface area contributed by atoms with E-state index >= 15 is 0 Å². The maximum atomic E-state index is 13.1. The van der Waals surface area contributed by atoms with Crippen LogP contribution < -0.4 is 4.74 Å². The molecule has 4 heteroatoms. The van der Waals surface area contributed by atoms with E-state index in [4.69, 9.17) is 9.47 Å². The molecule has 0 aromatic heterocycles. The minimum absolute atomic E-state index is 0.0515. The van der Waals surface area contributed by atoms with Crippen LogP contribution in [0.15, 0.2) is 42.5 Å². The molecule has 1 spiro atoms. The molecule has 1 unspecified atom stereocenters. The van der Waals surface area contributed by atoms with E-state index in [9.17, 15) is 9.59 Å². The maximum Gasteiger partial charge on any atom is 0.322 e. The smallest absolute Gasteiger partial charge is 0.322 e. The predicted molar refractivity (Wildman–Crippen MR) is 103 cm³/mol. The quantitative estimate of drug-likeness (QED) is 0.591. The highest BCUT2D eigenvalue weighted by Crippen LogP contribution is 2.44. The summed E-state index contributed by atoms with van der Waals surface area (Å²) in [4.78, 5) is 25.7. The van der Waals surface area contributed by atoms with Gasteiger partial charge in [0.15, 0.2) is 11.4 Å². The number of carbonyl (C=O) groups excluding carboxylic acids is 2. The topological polar surface area (TPSA) is 52.6 Å². The van der Waals surface area contributed by atoms with Crippen LogP contribution in [-0.4, -0.2) is 24.5 Å². The number of ketones is 1. The van der Waals surface area contributed by atoms with Gasteiger partial charge in [0.1, 0.15) is 11.7 Å². The Morgan fingerprint density at radius 3 is 2.44 bits per heavy atom. The Morgan fingerprint density at radius 1 is 1.00 bits per heavy atom. The zero-order valence-corrected chi connectivity index (χ0v) is 15.8. The zero-order chi connectivity index (χ0) is 19.0. The number of aryl methyl sites for hydroxylation is 1. The van der Waals surface area contributed by atoms with E-state index in [1.165, 1.54) is 0 Å². The van der Waals surface area contributed by atoms with Crippen molar-refractivity contribution in [2.24, 2.45) is 0 Å². The van der Waals surface area contributed by atoms with E-state index in [1.54, 1.807) is 7.11 Å². The first-order valence-corrected chi connectivity index (χ1v) is 9.56. The van der Waals surface area contributed by atoms with Crippen molar-refractivity contribution in [3.05, 3.63) is 53.6 Å². The molecule has 27 heavy (non-hydrogen) atoms. The van der Waals surface area contributed by atoms with Crippen LogP contribution >= 0.6 is 0 Å². The van der Waals surface area contributed by atoms with Gasteiger partial charge in [0.25, 0.3) is 0 Å². The summed E-state index contributed by atoms with van der Waals surface area (Å²) < 4.78 is 11.0. The normalized spacial score (nSPS) is 21.3. The molecule has 2 aromatic carbocycles. The molecule has 0 radical (unpaired) electrons. The van der Waals surface area contributed by atoms with Gasteiger partial charge in [0, 0.05) is 0 Å². The van der Waals surface area contributed by atoms with Gasteiger partial charge in [-0.1, -0.05) is 36.8 Å². The summed E-state index contributed by atoms with van der Waals surface area (Å²) in [6.07, 6.45) is 4.31. The van der Waals surface area contributed by atoms with Crippen LogP contribution in [0.25, 0.3) is 11.1 Å². The highest BCUT2D eigenvalue weighted by molar-refractivity contribution is 6.13. The monoisotopic (exact) mass is 364 g/mol. The fourth-order valence-corrected chi connectivity index (χ4v) is 4.39. The molecule has 1 saturated heterocycles. The van der Waals surface area contributed by atoms with Crippen LogP contribution in [0.1, 0.15) is 49.1 Å². The van der Waals surface area contributed by atoms with E-state index in [0.29, 0.717) is 12.8 Å². The van der Waals surface area contributed by atoms with Crippen molar-refractivity contribution in [3.63, 3.8) is 0 Å². The van der Waals surface area contributed by atoms with Crippen LogP contribution in [0.3, 0.4) is 0 Å². The average molecular weight is 364 g/mol. The molecule has 1 aliphatic heterocycles. The van der Waals surface area contributed by atoms with E-state index in [1.807, 2.05) is 49.4 Å². The Labute approximate surface area is 159 Å². The summed E-state index contributed by atoms with van der Waals surface area (Å²) >= 11 is 0. The lowest BCUT2D eigenvalue weighted by atomic mass is 9.77. The molecule has 1 heterocycles. The van der Waals surface area contributed by atoms with Gasteiger partial charge in [0.2, 0.25) is 0 Å². The van der Waals surface area contributed by atoms with Gasteiger partial charge in [-0.15, -0.1) is 0 Å². The number of carbonyl (C=O) groups is 2. The van der Waals surface area contributed by atoms with Crippen molar-refractivity contribution >= 4 is 11.8 Å². The molecular weight excluding hydrogens is 340 g/mol. The Kier molecular flexibility index (Phi) is 4.50. The molecule has 2 aromatic rings. The molecule has 0 amide bonds. The number of esters is 1. The predicted octanol–water partition coefficient (Wildman–Crippen LogP) is 4.58. The summed E-state index contributed by atoms with van der Waals surface area (Å²) in [5, 5.41) is 0. The highest BCUT2D eigenvalue weighted by atomic mass is 16.6. The molecular formula is C23H24O4. The van der Waals surface area contributed by atoms with Crippen LogP contribution in [0.5, 0.6) is 5.75 Å². The average Bonchev–Trinajstić information content (AvgIpc) is 2.92. The largest absolute Gasteiger partial charge is 0.497 e. The molecule has 2 aliphatic rings. The Bertz CT molecular complexity index is 893. The second-order valence-electron chi connectivity index (χ2n) is 7.58. The molecule has 1 saturated carbocycles. The number of Topliss-reactive ketones (excluding diaryl/α,β-unsaturated/α-hetero) is 1. The lowest BCUT2D eigenvalue weighted by molar-refractivity contribution is -0.154. The molecule has 1 aliphatic carbocycles. The molecule has 4 nitrogen and oxygen atoms in total. The summed E-state index contributed by atoms with van der Waals surface area (Å²) in [5.41, 5.74) is 2.88. The Morgan fingerprint density at radius 2 is 1.74 bits per heavy atom. The molecule has 140 valence electrons. The molecule has 0 bridgehead atoms. The van der Waals surface area contributed by atoms with E-state index in [2.05, 4.69) is 0 Å². The lowest BCUT2D eigenvalue weighted by Crippen LogP contribution is -2.39. The van der Waals surface area contributed by atoms with Crippen molar-refractivity contribution in [1.82, 2.24) is 0 Å². The lowest BCUT2D eigenvalue weighted by Gasteiger charge is -2.29. The first-order chi connectivity index (χ1) is 13.0. The van der Waals surface area contributed by atoms with Crippen LogP contribution in [0.4, 0.5) is 0 Å². The minimum atomic E-state index is -0.877. The summed E-state index contributed by atoms with van der Waals surface area (Å²) in [7, 11) is 1.64. The second kappa shape index (κ2) is 6.84. The van der Waals surface area contributed by atoms with Gasteiger partial charge in [-0.3, -0.25) is 9.59 Å². The van der Waals surface area contributed by atoms with Crippen molar-refractivity contribution in [2.75, 3.05) is 7.11 Å². The Balaban J connectivity index is 1.66. The minimum Gasteiger partial charge on any atom is -0.497 e. The van der Waals surface area contributed by atoms with Gasteiger partial charge >= 0.3 is 5.97 Å². The number of hydrogen-bond donors (Lipinski definition) is 0. The summed E-state index contributed by atoms with van der Waals surface area (Å²) in [6.45, 7) is 1.95. The molecule has 0 N–H and O–H groups in total. The van der Waals surface area contributed by atoms with Gasteiger partial charge in [0.05, 0.1) is 7.11 Å². The van der Waals surface area contributed by atoms with Crippen molar-refractivity contribution in [3.8, 4) is 16.9 Å². The first kappa shape index (κ1) is 17.8. The van der Waals surface area contributed by atoms with Crippen LogP contribution in [0.2, 0.25) is 0 Å². The zero-order valence-electron chi connectivity index (χ0n) is 15.8. The third-order valence-electron chi connectivity index (χ3n) is 5.89. The number of hydrogen-bond acceptors (Lipinski definition) is 4. The van der Waals surface area contributed by atoms with Gasteiger partial charge in [-0.05, 0) is 67.0 Å². The molecule has 4 rings (SSSR count). The van der Waals surface area contributed by atoms with E-state index in [-0.39, 0.29) is 11.8 Å². The van der Waals surface area contributed by atoms with Crippen molar-refractivity contribution in [1.29, 1.82) is 0 Å². The standard InChI is InChI=1S/C23H24O4/c1-15-13-17(16-7-6-8-18(14-16)26-2)9-10-19(15)20-21(24)23(27-22(20)25)11-4-3-5-12-23/h6-10,13-14,20H,3-5,11-12H2,1-2H3. The Hall–Kier alpha value is -2.62. The summed E-state index contributed by atoms with van der Waals surface area (Å²) in [6, 6.07) is 13.7. The number of methoxy groups -OCH3 is 1. The van der Waals surface area contributed by atoms with Crippen molar-refractivity contribution in [2.45, 2.75) is 50.5 Å². The van der Waals surface area contributed by atoms with Gasteiger partial charge in [-0.25, -0.2) is 0 Å². The number of rotatable bonds is 3. The van der Waals surface area contributed by atoms with Crippen LogP contribution in [0, 0.1) is 6.92 Å². The van der Waals surface area contributed by atoms with Crippen molar-refractivity contribution < 1.29 is 19.1 Å². The fourth-order valence-electron chi connectivity index (χ4n) is 4.39. The van der Waals surface area contributed by atoms with Crippen LogP contribution in [-0.2, 0) is 14.3 Å². The highest BCUT2D eigenvalue weighted by Gasteiger charge is 2.55. The third-order valence-corrected chi connectivity index (χ3v) is 5.89. The van der Waals surface area contributed by atoms with Gasteiger partial charge < -0.3 is 9.47 Å². The number of benzene rings is 2. The molecule has 2 fully saturated rings. The summed E-state index contributed by atoms with van der Waals surface area (Å²) in [5.74, 6) is -0.436. The third kappa shape index (κ3) is 3.03. The van der Waals surface area contributed by atoms with Gasteiger partial charge in [-0.2, -0.15) is 0 Å². The fraction of sp³-hybridized carbons (Fsp3) is 0.391. The molecule has 1 atom stereocenters. The first-order valence-electron chi connectivity index (χ1n) is 9.56. The second-order valence-corrected chi connectivity index (χ2v) is 7.58. The number of ether oxygens (including phenoxy) is 2. The maximum absolute atomic E-state index is 13.1.